The zero-order chi connectivity index (χ0) is 12.5. The van der Waals surface area contributed by atoms with E-state index in [4.69, 9.17) is 0 Å². The molecule has 1 saturated carbocycles. The molecule has 0 saturated heterocycles. The van der Waals surface area contributed by atoms with Gasteiger partial charge in [-0.3, -0.25) is 0 Å². The predicted molar refractivity (Wildman–Crippen MR) is 56.6 cm³/mol. The first kappa shape index (κ1) is 11.7. The van der Waals surface area contributed by atoms with Crippen LogP contribution in [-0.4, -0.2) is 13.2 Å². The van der Waals surface area contributed by atoms with E-state index in [2.05, 4.69) is 9.73 Å². The number of rotatable bonds is 3. The van der Waals surface area contributed by atoms with Gasteiger partial charge in [-0.1, -0.05) is 0 Å². The number of hydrogen-bond donors (Lipinski definition) is 0. The minimum atomic E-state index is -1.04. The Hall–Kier alpha value is -1.74. The Bertz CT molecular complexity index is 492. The van der Waals surface area contributed by atoms with Gasteiger partial charge in [0.2, 0.25) is 11.9 Å². The monoisotopic (exact) mass is 239 g/mol. The average molecular weight is 239 g/mol. The molecular formula is C12H11F2NO2. The molecule has 2 rings (SSSR count). The van der Waals surface area contributed by atoms with Gasteiger partial charge < -0.3 is 4.74 Å². The van der Waals surface area contributed by atoms with Crippen LogP contribution in [0, 0.1) is 11.6 Å². The zero-order valence-corrected chi connectivity index (χ0v) is 9.30. The summed E-state index contributed by atoms with van der Waals surface area (Å²) < 4.78 is 32.1. The molecule has 0 N–H and O–H groups in total. The molecule has 0 unspecified atom stereocenters. The van der Waals surface area contributed by atoms with Crippen LogP contribution in [0.5, 0.6) is 5.75 Å². The highest BCUT2D eigenvalue weighted by Crippen LogP contribution is 2.46. The Morgan fingerprint density at radius 2 is 2.06 bits per heavy atom. The molecule has 0 heterocycles. The van der Waals surface area contributed by atoms with Crippen molar-refractivity contribution < 1.29 is 18.3 Å². The topological polar surface area (TPSA) is 38.7 Å². The first-order valence-electron chi connectivity index (χ1n) is 5.26. The van der Waals surface area contributed by atoms with Crippen molar-refractivity contribution in [3.8, 4) is 5.75 Å². The second kappa shape index (κ2) is 4.26. The molecule has 0 spiro atoms. The van der Waals surface area contributed by atoms with Gasteiger partial charge in [-0.25, -0.2) is 9.18 Å². The number of nitrogens with zero attached hydrogens (tertiary/aromatic N) is 1. The maximum absolute atomic E-state index is 13.8. The van der Waals surface area contributed by atoms with Gasteiger partial charge in [0, 0.05) is 5.56 Å². The van der Waals surface area contributed by atoms with Crippen molar-refractivity contribution in [3.05, 3.63) is 29.3 Å². The van der Waals surface area contributed by atoms with E-state index < -0.39 is 17.2 Å². The molecule has 5 heteroatoms. The van der Waals surface area contributed by atoms with E-state index in [1.165, 1.54) is 25.3 Å². The van der Waals surface area contributed by atoms with E-state index in [-0.39, 0.29) is 11.3 Å². The van der Waals surface area contributed by atoms with Crippen LogP contribution in [-0.2, 0) is 10.3 Å². The van der Waals surface area contributed by atoms with Gasteiger partial charge in [0.25, 0.3) is 0 Å². The third-order valence-electron chi connectivity index (χ3n) is 3.21. The van der Waals surface area contributed by atoms with Crippen LogP contribution in [0.1, 0.15) is 24.8 Å². The fraction of sp³-hybridized carbons (Fsp3) is 0.417. The minimum Gasteiger partial charge on any atom is -0.494 e. The summed E-state index contributed by atoms with van der Waals surface area (Å²) in [5, 5.41) is 0. The molecular weight excluding hydrogens is 228 g/mol. The number of halogens is 2. The summed E-state index contributed by atoms with van der Waals surface area (Å²) in [6, 6.07) is 2.76. The average Bonchev–Trinajstić information content (AvgIpc) is 2.28. The second-order valence-electron chi connectivity index (χ2n) is 4.03. The van der Waals surface area contributed by atoms with E-state index in [0.717, 1.165) is 6.42 Å². The molecule has 3 nitrogen and oxygen atoms in total. The zero-order valence-electron chi connectivity index (χ0n) is 9.30. The van der Waals surface area contributed by atoms with Crippen molar-refractivity contribution in [1.82, 2.24) is 0 Å². The molecule has 17 heavy (non-hydrogen) atoms. The molecule has 0 aliphatic heterocycles. The van der Waals surface area contributed by atoms with Gasteiger partial charge in [-0.05, 0) is 31.4 Å². The van der Waals surface area contributed by atoms with Gasteiger partial charge in [-0.15, -0.1) is 0 Å². The highest BCUT2D eigenvalue weighted by molar-refractivity contribution is 5.42. The number of carbonyl (C=O) groups excluding carboxylic acids is 1. The Morgan fingerprint density at radius 1 is 1.35 bits per heavy atom. The van der Waals surface area contributed by atoms with Gasteiger partial charge in [-0.2, -0.15) is 9.38 Å². The molecule has 1 fully saturated rings. The Kier molecular flexibility index (Phi) is 2.94. The van der Waals surface area contributed by atoms with Crippen molar-refractivity contribution in [2.75, 3.05) is 7.11 Å². The molecule has 0 atom stereocenters. The van der Waals surface area contributed by atoms with E-state index in [1.807, 2.05) is 0 Å². The van der Waals surface area contributed by atoms with E-state index in [1.54, 1.807) is 0 Å². The standard InChI is InChI=1S/C12H11F2NO2/c1-17-9-4-3-8(10(13)11(9)14)12(15-7-16)5-2-6-12/h3-4H,2,5-6H2,1H3. The van der Waals surface area contributed by atoms with Crippen LogP contribution in [0.25, 0.3) is 0 Å². The van der Waals surface area contributed by atoms with Crippen molar-refractivity contribution in [2.24, 2.45) is 4.99 Å². The van der Waals surface area contributed by atoms with Crippen LogP contribution in [0.2, 0.25) is 0 Å². The number of isocyanates is 1. The summed E-state index contributed by atoms with van der Waals surface area (Å²) >= 11 is 0. The highest BCUT2D eigenvalue weighted by atomic mass is 19.2. The van der Waals surface area contributed by atoms with Crippen LogP contribution in [0.15, 0.2) is 17.1 Å². The summed E-state index contributed by atoms with van der Waals surface area (Å²) in [6.07, 6.45) is 3.34. The maximum Gasteiger partial charge on any atom is 0.235 e. The van der Waals surface area contributed by atoms with Crippen molar-refractivity contribution in [2.45, 2.75) is 24.8 Å². The van der Waals surface area contributed by atoms with Crippen LogP contribution in [0.3, 0.4) is 0 Å². The first-order chi connectivity index (χ1) is 8.14. The molecule has 0 radical (unpaired) electrons. The van der Waals surface area contributed by atoms with E-state index in [0.29, 0.717) is 12.8 Å². The summed E-state index contributed by atoms with van der Waals surface area (Å²) in [6.45, 7) is 0. The normalized spacial score (nSPS) is 16.9. The maximum atomic E-state index is 13.8. The molecule has 1 aliphatic carbocycles. The SMILES string of the molecule is COc1ccc(C2(N=C=O)CCC2)c(F)c1F. The molecule has 1 aromatic carbocycles. The van der Waals surface area contributed by atoms with Gasteiger partial charge >= 0.3 is 0 Å². The van der Waals surface area contributed by atoms with E-state index >= 15 is 0 Å². The number of benzene rings is 1. The summed E-state index contributed by atoms with van der Waals surface area (Å²) in [5.74, 6) is -2.20. The molecule has 90 valence electrons. The second-order valence-corrected chi connectivity index (χ2v) is 4.03. The highest BCUT2D eigenvalue weighted by Gasteiger charge is 2.42. The fourth-order valence-corrected chi connectivity index (χ4v) is 2.09. The lowest BCUT2D eigenvalue weighted by Gasteiger charge is -2.37. The number of methoxy groups -OCH3 is 1. The third kappa shape index (κ3) is 1.72. The van der Waals surface area contributed by atoms with Crippen molar-refractivity contribution in [1.29, 1.82) is 0 Å². The van der Waals surface area contributed by atoms with Gasteiger partial charge in [0.05, 0.1) is 7.11 Å². The number of aliphatic imine (C=N–C) groups is 1. The first-order valence-corrected chi connectivity index (χ1v) is 5.26. The van der Waals surface area contributed by atoms with Crippen LogP contribution < -0.4 is 4.74 Å². The number of hydrogen-bond acceptors (Lipinski definition) is 3. The summed E-state index contributed by atoms with van der Waals surface area (Å²) in [4.78, 5) is 14.0. The largest absolute Gasteiger partial charge is 0.494 e. The molecule has 0 bridgehead atoms. The predicted octanol–water partition coefficient (Wildman–Crippen LogP) is 2.69. The Morgan fingerprint density at radius 3 is 2.53 bits per heavy atom. The lowest BCUT2D eigenvalue weighted by Crippen LogP contribution is -2.33. The molecule has 0 aromatic heterocycles. The third-order valence-corrected chi connectivity index (χ3v) is 3.21. The lowest BCUT2D eigenvalue weighted by molar-refractivity contribution is 0.243. The molecule has 1 aliphatic rings. The van der Waals surface area contributed by atoms with Gasteiger partial charge in [0.15, 0.2) is 11.6 Å². The Labute approximate surface area is 97.1 Å². The summed E-state index contributed by atoms with van der Waals surface area (Å²) in [5.41, 5.74) is -0.829. The van der Waals surface area contributed by atoms with Crippen molar-refractivity contribution in [3.63, 3.8) is 0 Å². The van der Waals surface area contributed by atoms with Crippen molar-refractivity contribution >= 4 is 6.08 Å². The fourth-order valence-electron chi connectivity index (χ4n) is 2.09. The lowest BCUT2D eigenvalue weighted by atomic mass is 9.72. The molecule has 1 aromatic rings. The quantitative estimate of drug-likeness (QED) is 0.600. The molecule has 0 amide bonds. The smallest absolute Gasteiger partial charge is 0.235 e. The van der Waals surface area contributed by atoms with Crippen LogP contribution >= 0.6 is 0 Å². The van der Waals surface area contributed by atoms with Crippen LogP contribution in [0.4, 0.5) is 8.78 Å². The number of ether oxygens (including phenoxy) is 1. The van der Waals surface area contributed by atoms with Gasteiger partial charge in [0.1, 0.15) is 5.54 Å². The Balaban J connectivity index is 2.53. The minimum absolute atomic E-state index is 0.102. The van der Waals surface area contributed by atoms with E-state index in [9.17, 15) is 13.6 Å². The summed E-state index contributed by atoms with van der Waals surface area (Å²) in [7, 11) is 1.26.